The van der Waals surface area contributed by atoms with E-state index in [0.717, 1.165) is 17.1 Å². The van der Waals surface area contributed by atoms with Crippen LogP contribution in [0.3, 0.4) is 0 Å². The van der Waals surface area contributed by atoms with Gasteiger partial charge in [-0.1, -0.05) is 48.4 Å². The molecule has 0 spiro atoms. The monoisotopic (exact) mass is 313 g/mol. The molecule has 22 heavy (non-hydrogen) atoms. The van der Waals surface area contributed by atoms with E-state index in [4.69, 9.17) is 0 Å². The maximum Gasteiger partial charge on any atom is 0.268 e. The van der Waals surface area contributed by atoms with Crippen LogP contribution in [0.15, 0.2) is 30.3 Å². The van der Waals surface area contributed by atoms with Gasteiger partial charge in [0.1, 0.15) is 4.88 Å². The molecule has 114 valence electrons. The van der Waals surface area contributed by atoms with Crippen molar-refractivity contribution in [2.24, 2.45) is 5.92 Å². The van der Waals surface area contributed by atoms with Crippen molar-refractivity contribution in [3.05, 3.63) is 46.5 Å². The number of rotatable bonds is 4. The van der Waals surface area contributed by atoms with Crippen LogP contribution >= 0.6 is 11.5 Å². The summed E-state index contributed by atoms with van der Waals surface area (Å²) in [7, 11) is 0. The van der Waals surface area contributed by atoms with Crippen LogP contribution in [0.1, 0.15) is 34.8 Å². The number of benzene rings is 1. The Morgan fingerprint density at radius 1 is 1.32 bits per heavy atom. The van der Waals surface area contributed by atoms with Crippen molar-refractivity contribution < 1.29 is 4.79 Å². The van der Waals surface area contributed by atoms with Crippen molar-refractivity contribution in [1.82, 2.24) is 14.5 Å². The molecule has 0 radical (unpaired) electrons. The molecule has 0 aliphatic carbocycles. The van der Waals surface area contributed by atoms with Gasteiger partial charge in [-0.2, -0.15) is 0 Å². The fraction of sp³-hybridized carbons (Fsp3) is 0.353. The fourth-order valence-electron chi connectivity index (χ4n) is 1.99. The molecule has 2 rings (SSSR count). The molecule has 0 unspecified atom stereocenters. The zero-order chi connectivity index (χ0) is 15.9. The molecular weight excluding hydrogens is 294 g/mol. The molecule has 1 amide bonds. The highest BCUT2D eigenvalue weighted by molar-refractivity contribution is 7.07. The van der Waals surface area contributed by atoms with Crippen LogP contribution in [0, 0.1) is 24.7 Å². The summed E-state index contributed by atoms with van der Waals surface area (Å²) in [5.41, 5.74) is 1.63. The first-order valence-corrected chi connectivity index (χ1v) is 7.97. The van der Waals surface area contributed by atoms with E-state index in [1.807, 2.05) is 30.3 Å². The van der Waals surface area contributed by atoms with Gasteiger partial charge < -0.3 is 4.90 Å². The Balaban J connectivity index is 2.12. The van der Waals surface area contributed by atoms with Crippen molar-refractivity contribution in [1.29, 1.82) is 0 Å². The van der Waals surface area contributed by atoms with Gasteiger partial charge in [0.2, 0.25) is 0 Å². The highest BCUT2D eigenvalue weighted by Gasteiger charge is 2.20. The highest BCUT2D eigenvalue weighted by Crippen LogP contribution is 2.13. The topological polar surface area (TPSA) is 46.1 Å². The summed E-state index contributed by atoms with van der Waals surface area (Å²) in [6.45, 7) is 7.05. The van der Waals surface area contributed by atoms with Crippen LogP contribution < -0.4 is 0 Å². The van der Waals surface area contributed by atoms with Crippen molar-refractivity contribution in [3.63, 3.8) is 0 Å². The van der Waals surface area contributed by atoms with Crippen LogP contribution in [0.5, 0.6) is 0 Å². The predicted molar refractivity (Wildman–Crippen MR) is 88.7 cm³/mol. The Kier molecular flexibility index (Phi) is 5.68. The zero-order valence-electron chi connectivity index (χ0n) is 13.0. The second kappa shape index (κ2) is 7.71. The number of nitrogens with zero attached hydrogens (tertiary/aromatic N) is 3. The summed E-state index contributed by atoms with van der Waals surface area (Å²) in [4.78, 5) is 15.0. The van der Waals surface area contributed by atoms with Crippen LogP contribution in [0.4, 0.5) is 0 Å². The molecule has 0 N–H and O–H groups in total. The van der Waals surface area contributed by atoms with E-state index in [2.05, 4.69) is 35.3 Å². The lowest BCUT2D eigenvalue weighted by molar-refractivity contribution is 0.0763. The second-order valence-electron chi connectivity index (χ2n) is 5.43. The third-order valence-electron chi connectivity index (χ3n) is 2.99. The van der Waals surface area contributed by atoms with Gasteiger partial charge in [-0.05, 0) is 36.5 Å². The predicted octanol–water partition coefficient (Wildman–Crippen LogP) is 3.00. The maximum absolute atomic E-state index is 12.6. The van der Waals surface area contributed by atoms with Gasteiger partial charge >= 0.3 is 0 Å². The molecule has 0 atom stereocenters. The van der Waals surface area contributed by atoms with E-state index in [1.165, 1.54) is 0 Å². The Labute approximate surface area is 135 Å². The Hall–Kier alpha value is -2.19. The number of carbonyl (C=O) groups is 1. The average Bonchev–Trinajstić information content (AvgIpc) is 2.92. The maximum atomic E-state index is 12.6. The van der Waals surface area contributed by atoms with Gasteiger partial charge in [0, 0.05) is 12.1 Å². The van der Waals surface area contributed by atoms with E-state index < -0.39 is 0 Å². The van der Waals surface area contributed by atoms with Gasteiger partial charge in [-0.3, -0.25) is 4.79 Å². The molecule has 5 heteroatoms. The third kappa shape index (κ3) is 4.40. The third-order valence-corrected chi connectivity index (χ3v) is 3.81. The molecular formula is C17H19N3OS. The normalized spacial score (nSPS) is 10.2. The van der Waals surface area contributed by atoms with Crippen LogP contribution in [0.2, 0.25) is 0 Å². The minimum atomic E-state index is -0.0384. The van der Waals surface area contributed by atoms with Crippen molar-refractivity contribution >= 4 is 17.4 Å². The summed E-state index contributed by atoms with van der Waals surface area (Å²) in [6, 6.07) is 9.78. The largest absolute Gasteiger partial charge is 0.326 e. The molecule has 0 aliphatic rings. The average molecular weight is 313 g/mol. The standard InChI is InChI=1S/C17H19N3OS/c1-13(2)12-20(17(21)16-14(3)18-19-22-16)11-7-10-15-8-5-4-6-9-15/h4-6,8-9,13H,11-12H2,1-3H3. The fourth-order valence-corrected chi connectivity index (χ4v) is 2.61. The van der Waals surface area contributed by atoms with Gasteiger partial charge in [-0.25, -0.2) is 0 Å². The first-order valence-electron chi connectivity index (χ1n) is 7.20. The van der Waals surface area contributed by atoms with Gasteiger partial charge in [0.05, 0.1) is 12.2 Å². The van der Waals surface area contributed by atoms with E-state index in [9.17, 15) is 4.79 Å². The highest BCUT2D eigenvalue weighted by atomic mass is 32.1. The minimum absolute atomic E-state index is 0.0384. The summed E-state index contributed by atoms with van der Waals surface area (Å²) < 4.78 is 3.84. The molecule has 4 nitrogen and oxygen atoms in total. The molecule has 0 bridgehead atoms. The Morgan fingerprint density at radius 3 is 2.64 bits per heavy atom. The van der Waals surface area contributed by atoms with E-state index in [-0.39, 0.29) is 5.91 Å². The van der Waals surface area contributed by atoms with Gasteiger partial charge in [0.15, 0.2) is 0 Å². The molecule has 2 aromatic rings. The summed E-state index contributed by atoms with van der Waals surface area (Å²) >= 11 is 1.14. The molecule has 0 saturated carbocycles. The van der Waals surface area contributed by atoms with Crippen molar-refractivity contribution in [2.75, 3.05) is 13.1 Å². The van der Waals surface area contributed by atoms with Gasteiger partial charge in [-0.15, -0.1) is 5.10 Å². The number of carbonyl (C=O) groups excluding carboxylic acids is 1. The first-order chi connectivity index (χ1) is 10.6. The minimum Gasteiger partial charge on any atom is -0.326 e. The number of aromatic nitrogens is 2. The molecule has 0 saturated heterocycles. The lowest BCUT2D eigenvalue weighted by Crippen LogP contribution is -2.34. The van der Waals surface area contributed by atoms with Gasteiger partial charge in [0.25, 0.3) is 5.91 Å². The quantitative estimate of drug-likeness (QED) is 0.815. The SMILES string of the molecule is Cc1nnsc1C(=O)N(CC#Cc1ccccc1)CC(C)C. The summed E-state index contributed by atoms with van der Waals surface area (Å²) in [5, 5.41) is 3.91. The first kappa shape index (κ1) is 16.2. The number of amides is 1. The van der Waals surface area contributed by atoms with E-state index in [0.29, 0.717) is 29.6 Å². The van der Waals surface area contributed by atoms with E-state index >= 15 is 0 Å². The van der Waals surface area contributed by atoms with E-state index in [1.54, 1.807) is 11.8 Å². The Bertz CT molecular complexity index is 683. The lowest BCUT2D eigenvalue weighted by Gasteiger charge is -2.21. The summed E-state index contributed by atoms with van der Waals surface area (Å²) in [6.07, 6.45) is 0. The number of hydrogen-bond donors (Lipinski definition) is 0. The second-order valence-corrected chi connectivity index (χ2v) is 6.19. The van der Waals surface area contributed by atoms with Crippen LogP contribution in [-0.4, -0.2) is 33.5 Å². The lowest BCUT2D eigenvalue weighted by atomic mass is 10.2. The molecule has 1 heterocycles. The van der Waals surface area contributed by atoms with Crippen LogP contribution in [0.25, 0.3) is 0 Å². The zero-order valence-corrected chi connectivity index (χ0v) is 13.9. The molecule has 0 aliphatic heterocycles. The van der Waals surface area contributed by atoms with Crippen LogP contribution in [-0.2, 0) is 0 Å². The number of aryl methyl sites for hydroxylation is 1. The molecule has 1 aromatic carbocycles. The smallest absolute Gasteiger partial charge is 0.268 e. The summed E-state index contributed by atoms with van der Waals surface area (Å²) in [5.74, 6) is 6.52. The molecule has 0 fully saturated rings. The Morgan fingerprint density at radius 2 is 2.05 bits per heavy atom. The van der Waals surface area contributed by atoms with Crippen molar-refractivity contribution in [2.45, 2.75) is 20.8 Å². The molecule has 1 aromatic heterocycles. The van der Waals surface area contributed by atoms with Crippen molar-refractivity contribution in [3.8, 4) is 11.8 Å². The number of hydrogen-bond acceptors (Lipinski definition) is 4.